The summed E-state index contributed by atoms with van der Waals surface area (Å²) in [6.07, 6.45) is -3.39. The topological polar surface area (TPSA) is 106 Å². The summed E-state index contributed by atoms with van der Waals surface area (Å²) < 4.78 is 73.3. The molecule has 35 heavy (non-hydrogen) atoms. The number of aromatic nitrogens is 2. The molecule has 4 rings (SSSR count). The van der Waals surface area contributed by atoms with Crippen molar-refractivity contribution in [3.63, 3.8) is 0 Å². The van der Waals surface area contributed by atoms with Crippen molar-refractivity contribution < 1.29 is 30.8 Å². The zero-order valence-corrected chi connectivity index (χ0v) is 19.1. The minimum absolute atomic E-state index is 0.0286. The maximum atomic E-state index is 13.2. The number of sulfonamides is 1. The number of rotatable bonds is 5. The van der Waals surface area contributed by atoms with Gasteiger partial charge in [0, 0.05) is 11.6 Å². The molecule has 0 saturated heterocycles. The number of carbonyl (C=O) groups excluding carboxylic acids is 1. The summed E-state index contributed by atoms with van der Waals surface area (Å²) in [5.74, 6) is -0.455. The molecular weight excluding hydrogens is 505 g/mol. The second kappa shape index (κ2) is 9.35. The number of benzene rings is 2. The number of carbonyl (C=O) groups is 1. The Morgan fingerprint density at radius 2 is 1.69 bits per heavy atom. The molecule has 0 unspecified atom stereocenters. The smallest absolute Gasteiger partial charge is 0.435 e. The molecule has 2 aromatic heterocycles. The lowest BCUT2D eigenvalue weighted by atomic mass is 10.2. The van der Waals surface area contributed by atoms with Crippen LogP contribution in [0.1, 0.15) is 16.1 Å². The van der Waals surface area contributed by atoms with Gasteiger partial charge in [0.15, 0.2) is 16.6 Å². The van der Waals surface area contributed by atoms with Crippen LogP contribution in [0.25, 0.3) is 17.1 Å². The summed E-state index contributed by atoms with van der Waals surface area (Å²) in [7, 11) is -4.19. The summed E-state index contributed by atoms with van der Waals surface area (Å²) in [5, 5.41) is 5.44. The Morgan fingerprint density at radius 3 is 2.29 bits per heavy atom. The number of halogens is 3. The van der Waals surface area contributed by atoms with E-state index >= 15 is 0 Å². The maximum absolute atomic E-state index is 13.2. The van der Waals surface area contributed by atoms with Gasteiger partial charge in [-0.05, 0) is 60.7 Å². The number of hydrogen-bond donors (Lipinski definition) is 2. The Bertz CT molecular complexity index is 1470. The van der Waals surface area contributed by atoms with Crippen LogP contribution in [0.2, 0.25) is 0 Å². The van der Waals surface area contributed by atoms with Crippen LogP contribution in [0, 0.1) is 0 Å². The minimum atomic E-state index is -4.69. The highest BCUT2D eigenvalue weighted by molar-refractivity contribution is 7.91. The lowest BCUT2D eigenvalue weighted by molar-refractivity contribution is -0.141. The van der Waals surface area contributed by atoms with Crippen molar-refractivity contribution in [3.05, 3.63) is 90.3 Å². The van der Waals surface area contributed by atoms with Gasteiger partial charge < -0.3 is 4.42 Å². The first kappa shape index (κ1) is 24.2. The van der Waals surface area contributed by atoms with E-state index in [1.807, 2.05) is 0 Å². The lowest BCUT2D eigenvalue weighted by Crippen LogP contribution is -2.42. The largest absolute Gasteiger partial charge is 0.463 e. The molecule has 180 valence electrons. The molecule has 1 amide bonds. The van der Waals surface area contributed by atoms with Gasteiger partial charge in [-0.1, -0.05) is 18.2 Å². The number of hydrogen-bond acceptors (Lipinski definition) is 6. The second-order valence-electron chi connectivity index (χ2n) is 7.05. The number of furan rings is 1. The highest BCUT2D eigenvalue weighted by Gasteiger charge is 2.35. The molecule has 2 N–H and O–H groups in total. The van der Waals surface area contributed by atoms with Crippen molar-refractivity contribution in [3.8, 4) is 17.1 Å². The van der Waals surface area contributed by atoms with Gasteiger partial charge in [-0.15, -0.1) is 0 Å². The van der Waals surface area contributed by atoms with Crippen molar-refractivity contribution in [2.75, 3.05) is 0 Å². The van der Waals surface area contributed by atoms with E-state index in [0.29, 0.717) is 0 Å². The molecule has 2 aromatic carbocycles. The van der Waals surface area contributed by atoms with Crippen LogP contribution in [-0.2, 0) is 16.2 Å². The van der Waals surface area contributed by atoms with Gasteiger partial charge in [0.1, 0.15) is 5.69 Å². The van der Waals surface area contributed by atoms with Crippen LogP contribution in [0.3, 0.4) is 0 Å². The standard InChI is InChI=1S/C22H15F3N4O4S2/c23-22(24,25)19-13-17(18-7-4-12-33-18)29(27-19)15-8-10-16(11-9-15)35(31,32)28-21(34)26-20(30)14-5-2-1-3-6-14/h1-13H,(H2,26,28,30,34). The molecule has 4 aromatic rings. The third-order valence-electron chi connectivity index (χ3n) is 4.66. The van der Waals surface area contributed by atoms with Gasteiger partial charge in [-0.3, -0.25) is 14.8 Å². The van der Waals surface area contributed by atoms with Crippen LogP contribution in [0.15, 0.2) is 88.4 Å². The van der Waals surface area contributed by atoms with Gasteiger partial charge in [-0.2, -0.15) is 18.3 Å². The highest BCUT2D eigenvalue weighted by Crippen LogP contribution is 2.33. The molecule has 0 fully saturated rings. The molecule has 0 saturated carbocycles. The van der Waals surface area contributed by atoms with E-state index in [9.17, 15) is 26.4 Å². The first-order valence-electron chi connectivity index (χ1n) is 9.79. The fourth-order valence-electron chi connectivity index (χ4n) is 3.05. The van der Waals surface area contributed by atoms with Gasteiger partial charge in [0.25, 0.3) is 15.9 Å². The SMILES string of the molecule is O=C(NC(=S)NS(=O)(=O)c1ccc(-n2nc(C(F)(F)F)cc2-c2ccco2)cc1)c1ccccc1. The molecule has 13 heteroatoms. The van der Waals surface area contributed by atoms with Gasteiger partial charge in [0.05, 0.1) is 16.8 Å². The summed E-state index contributed by atoms with van der Waals surface area (Å²) in [6, 6.07) is 16.8. The normalized spacial score (nSPS) is 11.7. The third kappa shape index (κ3) is 5.41. The molecule has 0 aliphatic heterocycles. The highest BCUT2D eigenvalue weighted by atomic mass is 32.2. The average Bonchev–Trinajstić information content (AvgIpc) is 3.49. The van der Waals surface area contributed by atoms with Crippen molar-refractivity contribution in [1.29, 1.82) is 0 Å². The van der Waals surface area contributed by atoms with E-state index in [2.05, 4.69) is 15.1 Å². The second-order valence-corrected chi connectivity index (χ2v) is 9.14. The van der Waals surface area contributed by atoms with E-state index in [0.717, 1.165) is 10.7 Å². The van der Waals surface area contributed by atoms with Gasteiger partial charge >= 0.3 is 6.18 Å². The lowest BCUT2D eigenvalue weighted by Gasteiger charge is -2.11. The quantitative estimate of drug-likeness (QED) is 0.383. The Labute approximate surface area is 202 Å². The first-order valence-corrected chi connectivity index (χ1v) is 11.7. The number of nitrogens with one attached hydrogen (secondary N) is 2. The maximum Gasteiger partial charge on any atom is 0.435 e. The van der Waals surface area contributed by atoms with Crippen LogP contribution < -0.4 is 10.0 Å². The predicted octanol–water partition coefficient (Wildman–Crippen LogP) is 4.14. The van der Waals surface area contributed by atoms with Gasteiger partial charge in [0.2, 0.25) is 0 Å². The summed E-state index contributed by atoms with van der Waals surface area (Å²) in [5.41, 5.74) is -0.670. The van der Waals surface area contributed by atoms with E-state index in [1.165, 1.54) is 54.8 Å². The first-order chi connectivity index (χ1) is 16.5. The van der Waals surface area contributed by atoms with Crippen LogP contribution in [0.5, 0.6) is 0 Å². The fraction of sp³-hybridized carbons (Fsp3) is 0.0455. The summed E-state index contributed by atoms with van der Waals surface area (Å²) in [6.45, 7) is 0. The van der Waals surface area contributed by atoms with E-state index in [4.69, 9.17) is 16.6 Å². The van der Waals surface area contributed by atoms with Crippen LogP contribution in [-0.4, -0.2) is 29.2 Å². The summed E-state index contributed by atoms with van der Waals surface area (Å²) in [4.78, 5) is 11.9. The van der Waals surface area contributed by atoms with E-state index in [1.54, 1.807) is 18.2 Å². The van der Waals surface area contributed by atoms with E-state index in [-0.39, 0.29) is 27.6 Å². The zero-order chi connectivity index (χ0) is 25.2. The fourth-order valence-corrected chi connectivity index (χ4v) is 4.38. The number of nitrogens with zero attached hydrogens (tertiary/aromatic N) is 2. The molecule has 0 aliphatic carbocycles. The van der Waals surface area contributed by atoms with Gasteiger partial charge in [-0.25, -0.2) is 13.1 Å². The van der Waals surface area contributed by atoms with Crippen LogP contribution in [0.4, 0.5) is 13.2 Å². The molecule has 0 atom stereocenters. The number of alkyl halides is 3. The molecular formula is C22H15F3N4O4S2. The minimum Gasteiger partial charge on any atom is -0.463 e. The van der Waals surface area contributed by atoms with Crippen molar-refractivity contribution in [2.24, 2.45) is 0 Å². The molecule has 0 spiro atoms. The molecule has 8 nitrogen and oxygen atoms in total. The zero-order valence-electron chi connectivity index (χ0n) is 17.5. The molecule has 2 heterocycles. The van der Waals surface area contributed by atoms with E-state index < -0.39 is 32.9 Å². The Morgan fingerprint density at radius 1 is 1.00 bits per heavy atom. The molecule has 0 bridgehead atoms. The van der Waals surface area contributed by atoms with Crippen molar-refractivity contribution in [2.45, 2.75) is 11.1 Å². The Balaban J connectivity index is 1.55. The van der Waals surface area contributed by atoms with Crippen molar-refractivity contribution >= 4 is 33.3 Å². The predicted molar refractivity (Wildman–Crippen MR) is 123 cm³/mol. The Kier molecular flexibility index (Phi) is 6.45. The molecule has 0 aliphatic rings. The van der Waals surface area contributed by atoms with Crippen molar-refractivity contribution in [1.82, 2.24) is 19.8 Å². The Hall–Kier alpha value is -3.97. The average molecular weight is 521 g/mol. The number of amides is 1. The van der Waals surface area contributed by atoms with Crippen LogP contribution >= 0.6 is 12.2 Å². The summed E-state index contributed by atoms with van der Waals surface area (Å²) >= 11 is 4.93. The molecule has 0 radical (unpaired) electrons. The monoisotopic (exact) mass is 520 g/mol. The number of thiocarbonyl (C=S) groups is 1. The third-order valence-corrected chi connectivity index (χ3v) is 6.35.